The number of nitrogens with zero attached hydrogens (tertiary/aromatic N) is 1. The molecule has 4 nitrogen and oxygen atoms in total. The fraction of sp³-hybridized carbons (Fsp3) is 0.688. The van der Waals surface area contributed by atoms with Crippen LogP contribution in [0.5, 0.6) is 0 Å². The van der Waals surface area contributed by atoms with E-state index >= 15 is 0 Å². The minimum Gasteiger partial charge on any atom is -0.444 e. The molecule has 1 fully saturated rings. The molecule has 2 heterocycles. The van der Waals surface area contributed by atoms with Gasteiger partial charge in [0.15, 0.2) is 0 Å². The summed E-state index contributed by atoms with van der Waals surface area (Å²) in [4.78, 5) is 15.2. The van der Waals surface area contributed by atoms with Gasteiger partial charge >= 0.3 is 6.09 Å². The summed E-state index contributed by atoms with van der Waals surface area (Å²) in [6, 6.07) is 4.61. The number of nitrogens with one attached hydrogen (secondary N) is 1. The quantitative estimate of drug-likeness (QED) is 0.923. The topological polar surface area (TPSA) is 41.6 Å². The number of carbonyl (C=O) groups excluding carboxylic acids is 1. The maximum Gasteiger partial charge on any atom is 0.410 e. The molecule has 1 aromatic heterocycles. The van der Waals surface area contributed by atoms with E-state index in [1.807, 2.05) is 25.7 Å². The van der Waals surface area contributed by atoms with Gasteiger partial charge in [-0.3, -0.25) is 0 Å². The van der Waals surface area contributed by atoms with Crippen LogP contribution in [0.15, 0.2) is 17.5 Å². The van der Waals surface area contributed by atoms with E-state index < -0.39 is 5.60 Å². The standard InChI is InChI=1S/C16H26N2O2S/c1-12(14-6-5-9-21-14)17-10-13-7-8-18(11-13)15(19)20-16(2,3)4/h5-6,9,12-13,17H,7-8,10-11H2,1-4H3/t12-,13+/m1/s1. The predicted octanol–water partition coefficient (Wildman–Crippen LogP) is 3.66. The highest BCUT2D eigenvalue weighted by atomic mass is 32.1. The third-order valence-corrected chi connectivity index (χ3v) is 4.68. The zero-order valence-electron chi connectivity index (χ0n) is 13.4. The van der Waals surface area contributed by atoms with Crippen LogP contribution in [0.2, 0.25) is 0 Å². The summed E-state index contributed by atoms with van der Waals surface area (Å²) in [5, 5.41) is 5.67. The van der Waals surface area contributed by atoms with Gasteiger partial charge < -0.3 is 15.0 Å². The van der Waals surface area contributed by atoms with Crippen molar-refractivity contribution in [1.29, 1.82) is 0 Å². The highest BCUT2D eigenvalue weighted by Crippen LogP contribution is 2.22. The molecule has 1 N–H and O–H groups in total. The maximum atomic E-state index is 12.0. The van der Waals surface area contributed by atoms with Crippen LogP contribution in [0, 0.1) is 5.92 Å². The Labute approximate surface area is 131 Å². The molecule has 0 unspecified atom stereocenters. The Hall–Kier alpha value is -1.07. The number of hydrogen-bond donors (Lipinski definition) is 1. The highest BCUT2D eigenvalue weighted by Gasteiger charge is 2.29. The van der Waals surface area contributed by atoms with Gasteiger partial charge in [0.2, 0.25) is 0 Å². The van der Waals surface area contributed by atoms with E-state index in [1.165, 1.54) is 4.88 Å². The van der Waals surface area contributed by atoms with E-state index in [-0.39, 0.29) is 6.09 Å². The van der Waals surface area contributed by atoms with Crippen LogP contribution in [0.1, 0.15) is 45.0 Å². The Kier molecular flexibility index (Phi) is 5.27. The van der Waals surface area contributed by atoms with Gasteiger partial charge in [-0.25, -0.2) is 4.79 Å². The van der Waals surface area contributed by atoms with Crippen LogP contribution in [-0.2, 0) is 4.74 Å². The lowest BCUT2D eigenvalue weighted by molar-refractivity contribution is 0.0288. The minimum absolute atomic E-state index is 0.184. The van der Waals surface area contributed by atoms with Gasteiger partial charge in [0, 0.05) is 30.6 Å². The monoisotopic (exact) mass is 310 g/mol. The van der Waals surface area contributed by atoms with Crippen molar-refractivity contribution in [2.75, 3.05) is 19.6 Å². The second-order valence-corrected chi connectivity index (χ2v) is 7.71. The van der Waals surface area contributed by atoms with E-state index in [1.54, 1.807) is 11.3 Å². The summed E-state index contributed by atoms with van der Waals surface area (Å²) in [5.41, 5.74) is -0.416. The lowest BCUT2D eigenvalue weighted by atomic mass is 10.1. The van der Waals surface area contributed by atoms with Crippen molar-refractivity contribution < 1.29 is 9.53 Å². The van der Waals surface area contributed by atoms with Crippen LogP contribution in [-0.4, -0.2) is 36.2 Å². The molecule has 1 amide bonds. The molecule has 1 aromatic rings. The molecule has 1 saturated heterocycles. The lowest BCUT2D eigenvalue weighted by Gasteiger charge is -2.24. The third kappa shape index (κ3) is 5.00. The van der Waals surface area contributed by atoms with E-state index in [4.69, 9.17) is 4.74 Å². The van der Waals surface area contributed by atoms with Crippen molar-refractivity contribution in [3.05, 3.63) is 22.4 Å². The van der Waals surface area contributed by atoms with Gasteiger partial charge in [0.25, 0.3) is 0 Å². The number of thiophene rings is 1. The summed E-state index contributed by atoms with van der Waals surface area (Å²) in [6.45, 7) is 10.4. The molecule has 2 rings (SSSR count). The molecule has 1 aliphatic rings. The van der Waals surface area contributed by atoms with Crippen LogP contribution in [0.3, 0.4) is 0 Å². The van der Waals surface area contributed by atoms with Crippen LogP contribution >= 0.6 is 11.3 Å². The predicted molar refractivity (Wildman–Crippen MR) is 86.7 cm³/mol. The molecular formula is C16H26N2O2S. The van der Waals surface area contributed by atoms with Crippen molar-refractivity contribution in [2.24, 2.45) is 5.92 Å². The van der Waals surface area contributed by atoms with E-state index in [2.05, 4.69) is 29.8 Å². The molecule has 0 radical (unpaired) electrons. The van der Waals surface area contributed by atoms with Crippen LogP contribution < -0.4 is 5.32 Å². The largest absolute Gasteiger partial charge is 0.444 e. The van der Waals surface area contributed by atoms with Gasteiger partial charge in [-0.15, -0.1) is 11.3 Å². The Morgan fingerprint density at radius 1 is 1.57 bits per heavy atom. The molecule has 0 bridgehead atoms. The van der Waals surface area contributed by atoms with Crippen molar-refractivity contribution in [3.63, 3.8) is 0 Å². The van der Waals surface area contributed by atoms with Crippen molar-refractivity contribution in [3.8, 4) is 0 Å². The first kappa shape index (κ1) is 16.3. The normalized spacial score (nSPS) is 20.6. The average molecular weight is 310 g/mol. The summed E-state index contributed by atoms with van der Waals surface area (Å²) in [5.74, 6) is 0.514. The fourth-order valence-electron chi connectivity index (χ4n) is 2.47. The molecule has 21 heavy (non-hydrogen) atoms. The minimum atomic E-state index is -0.416. The second-order valence-electron chi connectivity index (χ2n) is 6.73. The number of carbonyl (C=O) groups is 1. The zero-order chi connectivity index (χ0) is 15.5. The van der Waals surface area contributed by atoms with E-state index in [9.17, 15) is 4.79 Å². The molecule has 118 valence electrons. The molecule has 2 atom stereocenters. The number of hydrogen-bond acceptors (Lipinski definition) is 4. The SMILES string of the molecule is C[C@@H](NC[C@@H]1CCN(C(=O)OC(C)(C)C)C1)c1cccs1. The van der Waals surface area contributed by atoms with Crippen molar-refractivity contribution in [1.82, 2.24) is 10.2 Å². The number of amides is 1. The van der Waals surface area contributed by atoms with Gasteiger partial charge in [0.1, 0.15) is 5.60 Å². The molecular weight excluding hydrogens is 284 g/mol. The summed E-state index contributed by atoms with van der Waals surface area (Å²) >= 11 is 1.78. The number of ether oxygens (including phenoxy) is 1. The number of rotatable bonds is 4. The molecule has 0 spiro atoms. The molecule has 0 aliphatic carbocycles. The first-order valence-electron chi connectivity index (χ1n) is 7.60. The van der Waals surface area contributed by atoms with Crippen LogP contribution in [0.4, 0.5) is 4.79 Å². The Morgan fingerprint density at radius 2 is 2.33 bits per heavy atom. The maximum absolute atomic E-state index is 12.0. The first-order valence-corrected chi connectivity index (χ1v) is 8.48. The smallest absolute Gasteiger partial charge is 0.410 e. The van der Waals surface area contributed by atoms with E-state index in [0.29, 0.717) is 12.0 Å². The molecule has 5 heteroatoms. The van der Waals surface area contributed by atoms with E-state index in [0.717, 1.165) is 26.1 Å². The summed E-state index contributed by atoms with van der Waals surface area (Å²) in [6.07, 6.45) is 0.861. The lowest BCUT2D eigenvalue weighted by Crippen LogP contribution is -2.36. The molecule has 0 saturated carbocycles. The van der Waals surface area contributed by atoms with Gasteiger partial charge in [-0.1, -0.05) is 6.07 Å². The summed E-state index contributed by atoms with van der Waals surface area (Å²) in [7, 11) is 0. The Bertz CT molecular complexity index is 453. The van der Waals surface area contributed by atoms with Gasteiger partial charge in [-0.2, -0.15) is 0 Å². The number of likely N-dealkylation sites (tertiary alicyclic amines) is 1. The summed E-state index contributed by atoms with van der Waals surface area (Å²) < 4.78 is 5.42. The Balaban J connectivity index is 1.74. The van der Waals surface area contributed by atoms with Crippen molar-refractivity contribution >= 4 is 17.4 Å². The van der Waals surface area contributed by atoms with Gasteiger partial charge in [0.05, 0.1) is 0 Å². The first-order chi connectivity index (χ1) is 9.85. The van der Waals surface area contributed by atoms with Crippen LogP contribution in [0.25, 0.3) is 0 Å². The van der Waals surface area contributed by atoms with Gasteiger partial charge in [-0.05, 0) is 51.5 Å². The highest BCUT2D eigenvalue weighted by molar-refractivity contribution is 7.10. The fourth-order valence-corrected chi connectivity index (χ4v) is 3.23. The Morgan fingerprint density at radius 3 is 2.95 bits per heavy atom. The second kappa shape index (κ2) is 6.79. The van der Waals surface area contributed by atoms with Crippen molar-refractivity contribution in [2.45, 2.75) is 45.8 Å². The molecule has 1 aliphatic heterocycles. The average Bonchev–Trinajstić information content (AvgIpc) is 3.05. The third-order valence-electron chi connectivity index (χ3n) is 3.62. The zero-order valence-corrected chi connectivity index (χ0v) is 14.2. The molecule has 0 aromatic carbocycles.